The van der Waals surface area contributed by atoms with Crippen LogP contribution in [-0.2, 0) is 68.3 Å². The molecule has 0 aliphatic carbocycles. The van der Waals surface area contributed by atoms with E-state index in [2.05, 4.69) is 137 Å². The molecule has 4 radical (unpaired) electrons. The molecule has 12 N–H and O–H groups in total. The number of aromatic nitrogens is 16. The van der Waals surface area contributed by atoms with Gasteiger partial charge in [-0.05, 0) is 211 Å². The quantitative estimate of drug-likeness (QED) is 0.0654. The molecule has 8 aromatic heterocycles. The minimum absolute atomic E-state index is 0. The van der Waals surface area contributed by atoms with E-state index in [1.165, 1.54) is 90.1 Å². The first-order valence-corrected chi connectivity index (χ1v) is 29.0. The topological polar surface area (TPSA) is 718 Å². The van der Waals surface area contributed by atoms with Crippen molar-refractivity contribution in [2.45, 2.75) is 166 Å². The van der Waals surface area contributed by atoms with Gasteiger partial charge in [-0.25, -0.2) is 74.5 Å². The molecule has 0 aromatic carbocycles. The van der Waals surface area contributed by atoms with E-state index in [0.717, 1.165) is 45.6 Å². The second-order valence-corrected chi connectivity index (χ2v) is 21.0. The average Bonchev–Trinajstić information content (AvgIpc) is 4.24. The van der Waals surface area contributed by atoms with Crippen LogP contribution in [0.2, 0.25) is 0 Å². The molecule has 0 amide bonds. The molecule has 44 heteroatoms. The van der Waals surface area contributed by atoms with Crippen LogP contribution in [-0.4, -0.2) is 103 Å². The molecular formula is C48H84Cl4Cu4N16O20. The molecule has 0 fully saturated rings. The summed E-state index contributed by atoms with van der Waals surface area (Å²) in [6.07, 6.45) is 0. The maximum atomic E-state index is 8.49. The SMILES string of the molecule is Cc1n[nH]c(C)c1C.Cc1n[nH]c(C)c1C.Cc1n[nH]c(C)c1C.Cc1n[nH]c(C)c1C.Cc1n[nH]c(C)c1C.Cc1n[nH]c(C)c1C.Cc1n[nH]c(C)c1C.Cc1n[nH]c(C)c1C.[Cu+2].[Cu+2].[Cu+2].[Cu+2].[O-][Cl+3]([O-])([O-])[O-].[O-][Cl+3]([O-])([O-])[O-].[O-][Cl+3]([O-])([O-])[O-].[O-][Cl+3]([O-])([O-])[O-].[OH-].[OH-].[OH-].[OH-]. The number of hydrogen-bond donors (Lipinski definition) is 8. The van der Waals surface area contributed by atoms with Gasteiger partial charge in [0.15, 0.2) is 0 Å². The van der Waals surface area contributed by atoms with Gasteiger partial charge >= 0.3 is 68.3 Å². The van der Waals surface area contributed by atoms with Crippen LogP contribution in [0.4, 0.5) is 0 Å². The van der Waals surface area contributed by atoms with Crippen molar-refractivity contribution in [2.75, 3.05) is 0 Å². The molecule has 0 unspecified atom stereocenters. The van der Waals surface area contributed by atoms with Crippen molar-refractivity contribution < 1.29 is 206 Å². The second-order valence-electron chi connectivity index (χ2n) is 18.0. The average molecular weight is 1600 g/mol. The Labute approximate surface area is 585 Å². The Bertz CT molecular complexity index is 2320. The summed E-state index contributed by atoms with van der Waals surface area (Å²) in [5.41, 5.74) is 28.3. The number of hydrogen-bond acceptors (Lipinski definition) is 28. The molecule has 0 saturated heterocycles. The zero-order chi connectivity index (χ0) is 67.2. The van der Waals surface area contributed by atoms with E-state index in [1.807, 2.05) is 111 Å². The summed E-state index contributed by atoms with van der Waals surface area (Å²) < 4.78 is 136. The predicted octanol–water partition coefficient (Wildman–Crippen LogP) is -9.06. The first-order chi connectivity index (χ1) is 37.7. The Morgan fingerprint density at radius 2 is 0.228 bits per heavy atom. The van der Waals surface area contributed by atoms with Gasteiger partial charge in [-0.1, -0.05) is 0 Å². The summed E-state index contributed by atoms with van der Waals surface area (Å²) in [5.74, 6) is 0. The van der Waals surface area contributed by atoms with E-state index in [4.69, 9.17) is 74.5 Å². The molecule has 92 heavy (non-hydrogen) atoms. The Morgan fingerprint density at radius 3 is 0.239 bits per heavy atom. The Kier molecular flexibility index (Phi) is 69.3. The van der Waals surface area contributed by atoms with Crippen LogP contribution >= 0.6 is 0 Å². The van der Waals surface area contributed by atoms with Gasteiger partial charge in [-0.3, -0.25) is 40.8 Å². The van der Waals surface area contributed by atoms with Gasteiger partial charge in [-0.2, -0.15) is 40.8 Å². The van der Waals surface area contributed by atoms with Gasteiger partial charge in [0, 0.05) is 45.6 Å². The van der Waals surface area contributed by atoms with Gasteiger partial charge in [0.05, 0.1) is 45.6 Å². The summed E-state index contributed by atoms with van der Waals surface area (Å²) in [7, 11) is -19.8. The number of nitrogens with one attached hydrogen (secondary N) is 8. The Hall–Kier alpha value is -3.88. The number of halogens is 4. The van der Waals surface area contributed by atoms with Crippen molar-refractivity contribution >= 4 is 0 Å². The van der Waals surface area contributed by atoms with E-state index < -0.39 is 41.0 Å². The molecule has 36 nitrogen and oxygen atoms in total. The monoisotopic (exact) mass is 1600 g/mol. The first kappa shape index (κ1) is 115. The van der Waals surface area contributed by atoms with Gasteiger partial charge in [-0.15, -0.1) is 41.0 Å². The van der Waals surface area contributed by atoms with E-state index in [1.54, 1.807) is 0 Å². The van der Waals surface area contributed by atoms with Gasteiger partial charge in [0.2, 0.25) is 0 Å². The Morgan fingerprint density at radius 1 is 0.174 bits per heavy atom. The molecule has 548 valence electrons. The molecule has 0 atom stereocenters. The third-order valence-electron chi connectivity index (χ3n) is 12.0. The summed E-state index contributed by atoms with van der Waals surface area (Å²) in [4.78, 5) is 0. The predicted molar refractivity (Wildman–Crippen MR) is 270 cm³/mol. The molecule has 8 rings (SSSR count). The summed E-state index contributed by atoms with van der Waals surface area (Å²) in [5, 5.41) is 55.0. The molecule has 0 aliphatic heterocycles. The summed E-state index contributed by atoms with van der Waals surface area (Å²) in [6.45, 7) is 48.7. The number of aromatic amines is 8. The van der Waals surface area contributed by atoms with E-state index in [-0.39, 0.29) is 90.2 Å². The van der Waals surface area contributed by atoms with Crippen molar-refractivity contribution in [1.29, 1.82) is 0 Å². The molecule has 0 aliphatic rings. The molecule has 8 aromatic rings. The number of nitrogens with zero attached hydrogens (tertiary/aromatic N) is 8. The largest absolute Gasteiger partial charge is 2.00 e. The fourth-order valence-corrected chi connectivity index (χ4v) is 4.85. The van der Waals surface area contributed by atoms with Crippen LogP contribution in [0.1, 0.15) is 136 Å². The fraction of sp³-hybridized carbons (Fsp3) is 0.500. The van der Waals surface area contributed by atoms with Crippen LogP contribution in [0, 0.1) is 207 Å². The van der Waals surface area contributed by atoms with Crippen molar-refractivity contribution in [1.82, 2.24) is 81.6 Å². The van der Waals surface area contributed by atoms with Gasteiger partial charge in [0.25, 0.3) is 0 Å². The summed E-state index contributed by atoms with van der Waals surface area (Å²) >= 11 is 0. The van der Waals surface area contributed by atoms with Crippen LogP contribution in [0.25, 0.3) is 0 Å². The van der Waals surface area contributed by atoms with Crippen molar-refractivity contribution in [3.63, 3.8) is 0 Å². The first-order valence-electron chi connectivity index (χ1n) is 24.0. The van der Waals surface area contributed by atoms with Crippen molar-refractivity contribution in [3.8, 4) is 0 Å². The fourth-order valence-electron chi connectivity index (χ4n) is 4.85. The normalized spacial score (nSPS) is 9.48. The maximum Gasteiger partial charge on any atom is 2.00 e. The van der Waals surface area contributed by atoms with E-state index in [0.29, 0.717) is 0 Å². The number of rotatable bonds is 0. The molecule has 0 spiro atoms. The molecular weight excluding hydrogens is 1520 g/mol. The van der Waals surface area contributed by atoms with Gasteiger partial charge in [0.1, 0.15) is 0 Å². The minimum atomic E-state index is -4.94. The minimum Gasteiger partial charge on any atom is -0.870 e. The Balaban J connectivity index is -0.0000000757. The van der Waals surface area contributed by atoms with Crippen LogP contribution in [0.5, 0.6) is 0 Å². The van der Waals surface area contributed by atoms with Crippen LogP contribution in [0.15, 0.2) is 0 Å². The standard InChI is InChI=1S/8C6H10N2.4ClHO4.4Cu.4H2O/c8*1-4-5(2)7-8-6(4)3;4*2-1(3,4)5;;;;;;;;/h8*1-3H3,(H,7,8);4*(H,2,3,4,5);;;;;4*1H2/q;;;;;;;;;;;;4*+2;;;;/p-8. The van der Waals surface area contributed by atoms with Crippen LogP contribution in [0.3, 0.4) is 0 Å². The van der Waals surface area contributed by atoms with Gasteiger partial charge < -0.3 is 21.9 Å². The summed E-state index contributed by atoms with van der Waals surface area (Å²) in [6, 6.07) is 0. The number of H-pyrrole nitrogens is 8. The smallest absolute Gasteiger partial charge is 0.870 e. The van der Waals surface area contributed by atoms with E-state index >= 15 is 0 Å². The zero-order valence-corrected chi connectivity index (χ0v) is 61.4. The molecule has 0 saturated carbocycles. The molecule has 8 heterocycles. The molecule has 0 bridgehead atoms. The number of aryl methyl sites for hydroxylation is 16. The zero-order valence-electron chi connectivity index (χ0n) is 54.6. The third-order valence-corrected chi connectivity index (χ3v) is 12.0. The third kappa shape index (κ3) is 62.2. The second kappa shape index (κ2) is 55.3. The maximum absolute atomic E-state index is 8.49. The van der Waals surface area contributed by atoms with E-state index in [9.17, 15) is 0 Å². The van der Waals surface area contributed by atoms with Crippen molar-refractivity contribution in [2.24, 2.45) is 0 Å². The van der Waals surface area contributed by atoms with Crippen LogP contribution < -0.4 is 74.5 Å². The van der Waals surface area contributed by atoms with Crippen molar-refractivity contribution in [3.05, 3.63) is 136 Å².